The van der Waals surface area contributed by atoms with Gasteiger partial charge in [-0.1, -0.05) is 17.3 Å². The Bertz CT molecular complexity index is 778. The summed E-state index contributed by atoms with van der Waals surface area (Å²) in [6.45, 7) is 4.84. The predicted molar refractivity (Wildman–Crippen MR) is 102 cm³/mol. The quantitative estimate of drug-likeness (QED) is 0.871. The van der Waals surface area contributed by atoms with Crippen LogP contribution in [0.4, 0.5) is 5.69 Å². The molecular formula is C19H26N6O2. The molecule has 0 spiro atoms. The molecule has 0 atom stereocenters. The van der Waals surface area contributed by atoms with Gasteiger partial charge in [0, 0.05) is 26.2 Å². The molecule has 1 amide bonds. The molecule has 2 fully saturated rings. The van der Waals surface area contributed by atoms with Crippen LogP contribution in [-0.2, 0) is 0 Å². The first-order chi connectivity index (χ1) is 13.3. The highest BCUT2D eigenvalue weighted by Crippen LogP contribution is 2.28. The molecule has 8 nitrogen and oxygen atoms in total. The summed E-state index contributed by atoms with van der Waals surface area (Å²) < 4.78 is 7.32. The minimum atomic E-state index is -0.0325. The molecule has 3 heterocycles. The van der Waals surface area contributed by atoms with E-state index in [4.69, 9.17) is 4.74 Å². The van der Waals surface area contributed by atoms with Gasteiger partial charge in [0.15, 0.2) is 5.69 Å². The van der Waals surface area contributed by atoms with E-state index in [9.17, 15) is 4.79 Å². The van der Waals surface area contributed by atoms with E-state index >= 15 is 0 Å². The predicted octanol–water partition coefficient (Wildman–Crippen LogP) is 1.17. The Labute approximate surface area is 159 Å². The number of piperazine rings is 1. The van der Waals surface area contributed by atoms with Crippen molar-refractivity contribution in [3.63, 3.8) is 0 Å². The lowest BCUT2D eigenvalue weighted by molar-refractivity contribution is 0.0740. The second-order valence-corrected chi connectivity index (χ2v) is 7.02. The van der Waals surface area contributed by atoms with Crippen LogP contribution in [0.15, 0.2) is 30.5 Å². The number of aromatic nitrogens is 3. The van der Waals surface area contributed by atoms with E-state index in [0.29, 0.717) is 24.8 Å². The number of hydrogen-bond donors (Lipinski definition) is 1. The monoisotopic (exact) mass is 370 g/mol. The van der Waals surface area contributed by atoms with Gasteiger partial charge in [-0.25, -0.2) is 4.68 Å². The lowest BCUT2D eigenvalue weighted by Crippen LogP contribution is -2.49. The SMILES string of the molecule is COc1ccccc1N1CCN(C(=O)c2cn(C3CCNCC3)nn2)CC1. The molecular weight excluding hydrogens is 344 g/mol. The Morgan fingerprint density at radius 1 is 1.15 bits per heavy atom. The molecule has 0 bridgehead atoms. The van der Waals surface area contributed by atoms with Gasteiger partial charge >= 0.3 is 0 Å². The molecule has 8 heteroatoms. The lowest BCUT2D eigenvalue weighted by Gasteiger charge is -2.36. The van der Waals surface area contributed by atoms with Crippen LogP contribution < -0.4 is 15.0 Å². The Morgan fingerprint density at radius 3 is 2.63 bits per heavy atom. The number of benzene rings is 1. The second kappa shape index (κ2) is 7.96. The smallest absolute Gasteiger partial charge is 0.276 e. The van der Waals surface area contributed by atoms with E-state index < -0.39 is 0 Å². The van der Waals surface area contributed by atoms with E-state index in [1.54, 1.807) is 7.11 Å². The molecule has 1 N–H and O–H groups in total. The van der Waals surface area contributed by atoms with Crippen molar-refractivity contribution in [2.45, 2.75) is 18.9 Å². The number of anilines is 1. The van der Waals surface area contributed by atoms with Gasteiger partial charge in [-0.05, 0) is 38.1 Å². The Kier molecular flexibility index (Phi) is 5.24. The molecule has 2 aliphatic rings. The van der Waals surface area contributed by atoms with Gasteiger partial charge in [-0.15, -0.1) is 5.10 Å². The van der Waals surface area contributed by atoms with Crippen molar-refractivity contribution in [2.75, 3.05) is 51.3 Å². The highest BCUT2D eigenvalue weighted by molar-refractivity contribution is 5.92. The number of methoxy groups -OCH3 is 1. The fourth-order valence-electron chi connectivity index (χ4n) is 3.83. The van der Waals surface area contributed by atoms with Crippen molar-refractivity contribution in [3.8, 4) is 5.75 Å². The van der Waals surface area contributed by atoms with E-state index in [1.807, 2.05) is 34.0 Å². The molecule has 144 valence electrons. The molecule has 1 aromatic carbocycles. The summed E-state index contributed by atoms with van der Waals surface area (Å²) in [5, 5.41) is 11.7. The average molecular weight is 370 g/mol. The van der Waals surface area contributed by atoms with Crippen molar-refractivity contribution in [1.82, 2.24) is 25.2 Å². The summed E-state index contributed by atoms with van der Waals surface area (Å²) in [5.41, 5.74) is 1.52. The van der Waals surface area contributed by atoms with Crippen molar-refractivity contribution in [2.24, 2.45) is 0 Å². The molecule has 27 heavy (non-hydrogen) atoms. The second-order valence-electron chi connectivity index (χ2n) is 7.02. The number of ether oxygens (including phenoxy) is 1. The molecule has 2 aromatic rings. The number of hydrogen-bond acceptors (Lipinski definition) is 6. The van der Waals surface area contributed by atoms with E-state index in [1.165, 1.54) is 0 Å². The van der Waals surface area contributed by atoms with Crippen molar-refractivity contribution in [3.05, 3.63) is 36.2 Å². The Balaban J connectivity index is 1.38. The Morgan fingerprint density at radius 2 is 1.89 bits per heavy atom. The van der Waals surface area contributed by atoms with Gasteiger partial charge in [0.25, 0.3) is 5.91 Å². The summed E-state index contributed by atoms with van der Waals surface area (Å²) in [6, 6.07) is 8.33. The third-order valence-electron chi connectivity index (χ3n) is 5.40. The largest absolute Gasteiger partial charge is 0.495 e. The highest BCUT2D eigenvalue weighted by atomic mass is 16.5. The van der Waals surface area contributed by atoms with Crippen LogP contribution in [0, 0.1) is 0 Å². The first-order valence-electron chi connectivity index (χ1n) is 9.56. The fraction of sp³-hybridized carbons (Fsp3) is 0.526. The molecule has 4 rings (SSSR count). The molecule has 0 saturated carbocycles. The van der Waals surface area contributed by atoms with Gasteiger partial charge in [0.05, 0.1) is 25.0 Å². The average Bonchev–Trinajstić information content (AvgIpc) is 3.24. The van der Waals surface area contributed by atoms with Crippen LogP contribution >= 0.6 is 0 Å². The number of nitrogens with zero attached hydrogens (tertiary/aromatic N) is 5. The summed E-state index contributed by atoms with van der Waals surface area (Å²) in [5.74, 6) is 0.831. The first-order valence-corrected chi connectivity index (χ1v) is 9.56. The third kappa shape index (κ3) is 3.75. The molecule has 0 aliphatic carbocycles. The van der Waals surface area contributed by atoms with Gasteiger partial charge in [-0.3, -0.25) is 4.79 Å². The standard InChI is InChI=1S/C19H26N6O2/c1-27-18-5-3-2-4-17(18)23-10-12-24(13-11-23)19(26)16-14-25(22-21-16)15-6-8-20-9-7-15/h2-5,14-15,20H,6-13H2,1H3. The van der Waals surface area contributed by atoms with Crippen LogP contribution in [0.3, 0.4) is 0 Å². The van der Waals surface area contributed by atoms with Crippen molar-refractivity contribution >= 4 is 11.6 Å². The third-order valence-corrected chi connectivity index (χ3v) is 5.40. The number of nitrogens with one attached hydrogen (secondary N) is 1. The van der Waals surface area contributed by atoms with Crippen LogP contribution in [0.5, 0.6) is 5.75 Å². The number of amides is 1. The number of carbonyl (C=O) groups excluding carboxylic acids is 1. The molecule has 1 aromatic heterocycles. The number of carbonyl (C=O) groups is 1. The first kappa shape index (κ1) is 17.8. The maximum atomic E-state index is 12.8. The van der Waals surface area contributed by atoms with E-state index in [0.717, 1.165) is 50.5 Å². The molecule has 0 radical (unpaired) electrons. The minimum Gasteiger partial charge on any atom is -0.495 e. The van der Waals surface area contributed by atoms with Crippen LogP contribution in [0.25, 0.3) is 0 Å². The van der Waals surface area contributed by atoms with E-state index in [2.05, 4.69) is 26.6 Å². The number of para-hydroxylation sites is 2. The maximum absolute atomic E-state index is 12.8. The summed E-state index contributed by atoms with van der Waals surface area (Å²) in [6.07, 6.45) is 3.86. The zero-order valence-corrected chi connectivity index (χ0v) is 15.7. The van der Waals surface area contributed by atoms with Crippen molar-refractivity contribution < 1.29 is 9.53 Å². The summed E-state index contributed by atoms with van der Waals surface area (Å²) in [4.78, 5) is 16.9. The molecule has 0 unspecified atom stereocenters. The number of rotatable bonds is 4. The zero-order valence-electron chi connectivity index (χ0n) is 15.7. The highest BCUT2D eigenvalue weighted by Gasteiger charge is 2.26. The Hall–Kier alpha value is -2.61. The van der Waals surface area contributed by atoms with Crippen LogP contribution in [0.2, 0.25) is 0 Å². The lowest BCUT2D eigenvalue weighted by atomic mass is 10.1. The number of piperidine rings is 1. The van der Waals surface area contributed by atoms with E-state index in [-0.39, 0.29) is 5.91 Å². The van der Waals surface area contributed by atoms with Gasteiger partial charge in [0.1, 0.15) is 5.75 Å². The van der Waals surface area contributed by atoms with Gasteiger partial charge in [0.2, 0.25) is 0 Å². The van der Waals surface area contributed by atoms with Gasteiger partial charge < -0.3 is 19.9 Å². The molecule has 2 saturated heterocycles. The maximum Gasteiger partial charge on any atom is 0.276 e. The fourth-order valence-corrected chi connectivity index (χ4v) is 3.83. The summed E-state index contributed by atoms with van der Waals surface area (Å²) >= 11 is 0. The minimum absolute atomic E-state index is 0.0325. The van der Waals surface area contributed by atoms with Crippen LogP contribution in [-0.4, -0.2) is 72.2 Å². The summed E-state index contributed by atoms with van der Waals surface area (Å²) in [7, 11) is 1.68. The van der Waals surface area contributed by atoms with Gasteiger partial charge in [-0.2, -0.15) is 0 Å². The normalized spacial score (nSPS) is 18.6. The van der Waals surface area contributed by atoms with Crippen LogP contribution in [0.1, 0.15) is 29.4 Å². The molecule has 2 aliphatic heterocycles. The van der Waals surface area contributed by atoms with Crippen molar-refractivity contribution in [1.29, 1.82) is 0 Å². The zero-order chi connectivity index (χ0) is 18.6. The topological polar surface area (TPSA) is 75.5 Å².